The third kappa shape index (κ3) is 2.98. The number of aromatic nitrogens is 3. The number of unbranched alkanes of at least 4 members (excludes halogenated alkanes) is 2. The van der Waals surface area contributed by atoms with Crippen molar-refractivity contribution in [2.75, 3.05) is 13.1 Å². The van der Waals surface area contributed by atoms with Gasteiger partial charge in [0.15, 0.2) is 5.65 Å². The predicted octanol–water partition coefficient (Wildman–Crippen LogP) is 1.28. The van der Waals surface area contributed by atoms with Crippen LogP contribution in [0, 0.1) is 0 Å². The van der Waals surface area contributed by atoms with Crippen LogP contribution in [0.3, 0.4) is 0 Å². The van der Waals surface area contributed by atoms with Gasteiger partial charge in [0.2, 0.25) is 0 Å². The highest BCUT2D eigenvalue weighted by molar-refractivity contribution is 5.35. The summed E-state index contributed by atoms with van der Waals surface area (Å²) in [6, 6.07) is 5.56. The minimum atomic E-state index is -0.0686. The van der Waals surface area contributed by atoms with E-state index in [0.29, 0.717) is 12.2 Å². The van der Waals surface area contributed by atoms with Crippen molar-refractivity contribution in [3.05, 3.63) is 34.9 Å². The zero-order chi connectivity index (χ0) is 12.8. The van der Waals surface area contributed by atoms with E-state index in [4.69, 9.17) is 0 Å². The first-order valence-corrected chi connectivity index (χ1v) is 6.58. The molecule has 5 nitrogen and oxygen atoms in total. The summed E-state index contributed by atoms with van der Waals surface area (Å²) in [6.07, 6.45) is 5.42. The maximum absolute atomic E-state index is 11.9. The average Bonchev–Trinajstić information content (AvgIpc) is 2.71. The van der Waals surface area contributed by atoms with Gasteiger partial charge in [-0.15, -0.1) is 5.10 Å². The number of nitrogens with zero attached hydrogens (tertiary/aromatic N) is 3. The number of fused-ring (bicyclic) bond motifs is 1. The molecule has 0 spiro atoms. The Bertz CT molecular complexity index is 543. The lowest BCUT2D eigenvalue weighted by molar-refractivity contribution is 0.529. The van der Waals surface area contributed by atoms with Gasteiger partial charge in [0.25, 0.3) is 0 Å². The van der Waals surface area contributed by atoms with Crippen molar-refractivity contribution in [2.45, 2.75) is 32.7 Å². The molecule has 0 radical (unpaired) electrons. The maximum Gasteiger partial charge on any atom is 0.350 e. The molecular formula is C13H20N4O. The summed E-state index contributed by atoms with van der Waals surface area (Å²) in [7, 11) is 0. The number of hydrogen-bond acceptors (Lipinski definition) is 3. The molecule has 0 atom stereocenters. The molecule has 0 aliphatic carbocycles. The SMILES string of the molecule is CCCCCNCCn1nc2ccccn2c1=O. The van der Waals surface area contributed by atoms with Gasteiger partial charge in [-0.1, -0.05) is 25.8 Å². The highest BCUT2D eigenvalue weighted by atomic mass is 16.2. The Morgan fingerprint density at radius 3 is 2.94 bits per heavy atom. The van der Waals surface area contributed by atoms with Gasteiger partial charge in [-0.25, -0.2) is 9.48 Å². The third-order valence-electron chi connectivity index (χ3n) is 2.95. The molecule has 0 bridgehead atoms. The fourth-order valence-corrected chi connectivity index (χ4v) is 1.92. The van der Waals surface area contributed by atoms with Crippen LogP contribution in [-0.2, 0) is 6.54 Å². The molecule has 5 heteroatoms. The lowest BCUT2D eigenvalue weighted by atomic mass is 10.2. The van der Waals surface area contributed by atoms with Crippen molar-refractivity contribution in [1.29, 1.82) is 0 Å². The summed E-state index contributed by atoms with van der Waals surface area (Å²) in [5.74, 6) is 0. The summed E-state index contributed by atoms with van der Waals surface area (Å²) >= 11 is 0. The molecule has 0 unspecified atom stereocenters. The Hall–Kier alpha value is -1.62. The first-order chi connectivity index (χ1) is 8.83. The molecule has 98 valence electrons. The second-order valence-electron chi connectivity index (χ2n) is 4.39. The zero-order valence-electron chi connectivity index (χ0n) is 10.8. The van der Waals surface area contributed by atoms with Gasteiger partial charge in [0, 0.05) is 12.7 Å². The van der Waals surface area contributed by atoms with Crippen LogP contribution in [0.1, 0.15) is 26.2 Å². The Kier molecular flexibility index (Phi) is 4.52. The van der Waals surface area contributed by atoms with Crippen molar-refractivity contribution in [3.63, 3.8) is 0 Å². The molecular weight excluding hydrogens is 228 g/mol. The van der Waals surface area contributed by atoms with Gasteiger partial charge in [-0.3, -0.25) is 4.40 Å². The van der Waals surface area contributed by atoms with E-state index in [1.54, 1.807) is 10.6 Å². The van der Waals surface area contributed by atoms with Gasteiger partial charge in [0.1, 0.15) is 0 Å². The zero-order valence-corrected chi connectivity index (χ0v) is 10.8. The van der Waals surface area contributed by atoms with Gasteiger partial charge >= 0.3 is 5.69 Å². The molecule has 0 fully saturated rings. The van der Waals surface area contributed by atoms with Gasteiger partial charge in [-0.05, 0) is 25.1 Å². The fourth-order valence-electron chi connectivity index (χ4n) is 1.92. The van der Waals surface area contributed by atoms with E-state index in [1.165, 1.54) is 23.9 Å². The molecule has 1 N–H and O–H groups in total. The normalized spacial score (nSPS) is 11.2. The third-order valence-corrected chi connectivity index (χ3v) is 2.95. The minimum Gasteiger partial charge on any atom is -0.315 e. The number of rotatable bonds is 7. The van der Waals surface area contributed by atoms with Crippen LogP contribution < -0.4 is 11.0 Å². The van der Waals surface area contributed by atoms with E-state index in [-0.39, 0.29) is 5.69 Å². The fraction of sp³-hybridized carbons (Fsp3) is 0.538. The van der Waals surface area contributed by atoms with Gasteiger partial charge in [-0.2, -0.15) is 0 Å². The minimum absolute atomic E-state index is 0.0686. The molecule has 0 aliphatic rings. The molecule has 2 heterocycles. The highest BCUT2D eigenvalue weighted by Gasteiger charge is 2.04. The van der Waals surface area contributed by atoms with Crippen LogP contribution in [-0.4, -0.2) is 27.3 Å². The van der Waals surface area contributed by atoms with E-state index in [0.717, 1.165) is 13.1 Å². The van der Waals surface area contributed by atoms with E-state index >= 15 is 0 Å². The Labute approximate surface area is 106 Å². The highest BCUT2D eigenvalue weighted by Crippen LogP contribution is 1.94. The van der Waals surface area contributed by atoms with Crippen LogP contribution in [0.25, 0.3) is 5.65 Å². The lowest BCUT2D eigenvalue weighted by Crippen LogP contribution is -2.28. The summed E-state index contributed by atoms with van der Waals surface area (Å²) < 4.78 is 3.08. The standard InChI is InChI=1S/C13H20N4O/c1-2-3-5-8-14-9-11-17-13(18)16-10-6-4-7-12(16)15-17/h4,6-7,10,14H,2-3,5,8-9,11H2,1H3. The Balaban J connectivity index is 1.88. The second-order valence-corrected chi connectivity index (χ2v) is 4.39. The summed E-state index contributed by atoms with van der Waals surface area (Å²) in [4.78, 5) is 11.9. The predicted molar refractivity (Wildman–Crippen MR) is 71.8 cm³/mol. The quantitative estimate of drug-likeness (QED) is 0.751. The second kappa shape index (κ2) is 6.35. The van der Waals surface area contributed by atoms with Crippen molar-refractivity contribution >= 4 is 5.65 Å². The summed E-state index contributed by atoms with van der Waals surface area (Å²) in [5, 5.41) is 7.60. The molecule has 2 rings (SSSR count). The van der Waals surface area contributed by atoms with E-state index in [9.17, 15) is 4.79 Å². The van der Waals surface area contributed by atoms with Crippen LogP contribution in [0.4, 0.5) is 0 Å². The topological polar surface area (TPSA) is 51.3 Å². The molecule has 2 aromatic rings. The van der Waals surface area contributed by atoms with Crippen LogP contribution in [0.5, 0.6) is 0 Å². The van der Waals surface area contributed by atoms with Crippen LogP contribution in [0.15, 0.2) is 29.2 Å². The smallest absolute Gasteiger partial charge is 0.315 e. The number of pyridine rings is 1. The molecule has 0 aliphatic heterocycles. The first kappa shape index (κ1) is 12.8. The molecule has 0 aromatic carbocycles. The van der Waals surface area contributed by atoms with E-state index in [1.807, 2.05) is 18.2 Å². The first-order valence-electron chi connectivity index (χ1n) is 6.58. The van der Waals surface area contributed by atoms with E-state index in [2.05, 4.69) is 17.3 Å². The average molecular weight is 248 g/mol. The van der Waals surface area contributed by atoms with Crippen LogP contribution >= 0.6 is 0 Å². The molecule has 0 saturated carbocycles. The summed E-state index contributed by atoms with van der Waals surface area (Å²) in [6.45, 7) is 4.60. The van der Waals surface area contributed by atoms with Crippen molar-refractivity contribution in [2.24, 2.45) is 0 Å². The maximum atomic E-state index is 11.9. The van der Waals surface area contributed by atoms with Crippen molar-refractivity contribution in [1.82, 2.24) is 19.5 Å². The van der Waals surface area contributed by atoms with Crippen molar-refractivity contribution < 1.29 is 0 Å². The Morgan fingerprint density at radius 2 is 2.17 bits per heavy atom. The molecule has 0 saturated heterocycles. The summed E-state index contributed by atoms with van der Waals surface area (Å²) in [5.41, 5.74) is 0.634. The van der Waals surface area contributed by atoms with Gasteiger partial charge < -0.3 is 5.32 Å². The van der Waals surface area contributed by atoms with Gasteiger partial charge in [0.05, 0.1) is 6.54 Å². The number of nitrogens with one attached hydrogen (secondary N) is 1. The lowest BCUT2D eigenvalue weighted by Gasteiger charge is -2.02. The molecule has 0 amide bonds. The van der Waals surface area contributed by atoms with E-state index < -0.39 is 0 Å². The Morgan fingerprint density at radius 1 is 1.28 bits per heavy atom. The number of hydrogen-bond donors (Lipinski definition) is 1. The monoisotopic (exact) mass is 248 g/mol. The van der Waals surface area contributed by atoms with Crippen LogP contribution in [0.2, 0.25) is 0 Å². The van der Waals surface area contributed by atoms with Crippen molar-refractivity contribution in [3.8, 4) is 0 Å². The largest absolute Gasteiger partial charge is 0.350 e. The molecule has 18 heavy (non-hydrogen) atoms. The molecule has 2 aromatic heterocycles.